The summed E-state index contributed by atoms with van der Waals surface area (Å²) < 4.78 is 49.3. The number of carbonyl (C=O) groups is 3. The number of ether oxygens (including phenoxy) is 1. The summed E-state index contributed by atoms with van der Waals surface area (Å²) in [5.41, 5.74) is 5.68. The van der Waals surface area contributed by atoms with Crippen molar-refractivity contribution < 1.29 is 31.9 Å². The number of benzene rings is 1. The minimum absolute atomic E-state index is 0.0112. The van der Waals surface area contributed by atoms with Gasteiger partial charge in [0, 0.05) is 44.0 Å². The molecule has 1 saturated heterocycles. The summed E-state index contributed by atoms with van der Waals surface area (Å²) in [6, 6.07) is 3.36. The monoisotopic (exact) mass is 479 g/mol. The van der Waals surface area contributed by atoms with E-state index in [4.69, 9.17) is 10.5 Å². The van der Waals surface area contributed by atoms with Gasteiger partial charge in [-0.25, -0.2) is 17.5 Å². The van der Waals surface area contributed by atoms with Crippen molar-refractivity contribution in [1.82, 2.24) is 14.2 Å². The molecular formula is C20H22FN5O6S. The molecule has 0 bridgehead atoms. The van der Waals surface area contributed by atoms with E-state index in [0.29, 0.717) is 11.3 Å². The number of rotatable bonds is 2. The van der Waals surface area contributed by atoms with Crippen LogP contribution in [0.5, 0.6) is 5.75 Å². The van der Waals surface area contributed by atoms with Crippen LogP contribution in [0.25, 0.3) is 0 Å². The van der Waals surface area contributed by atoms with E-state index in [1.54, 1.807) is 6.92 Å². The highest BCUT2D eigenvalue weighted by Crippen LogP contribution is 2.34. The smallest absolute Gasteiger partial charge is 0.311 e. The first-order chi connectivity index (χ1) is 15.5. The van der Waals surface area contributed by atoms with E-state index >= 15 is 0 Å². The second-order valence-electron chi connectivity index (χ2n) is 8.07. The SMILES string of the molecule is Cc1cc(NC(=O)c2c3c(cn2C)S(=O)(=O)N[C@H]2CN(C(=O)C(N)=O)C[C@H]2CO3)ccc1F. The van der Waals surface area contributed by atoms with Crippen LogP contribution in [-0.4, -0.2) is 61.3 Å². The Bertz CT molecular complexity index is 1270. The number of primary amides is 1. The molecule has 2 atom stereocenters. The molecule has 33 heavy (non-hydrogen) atoms. The molecule has 0 radical (unpaired) electrons. The van der Waals surface area contributed by atoms with Crippen molar-refractivity contribution in [2.75, 3.05) is 25.0 Å². The molecule has 0 saturated carbocycles. The van der Waals surface area contributed by atoms with Gasteiger partial charge in [-0.1, -0.05) is 0 Å². The number of hydrogen-bond donors (Lipinski definition) is 3. The molecule has 2 aliphatic heterocycles. The molecule has 0 unspecified atom stereocenters. The molecule has 4 N–H and O–H groups in total. The molecule has 3 amide bonds. The van der Waals surface area contributed by atoms with Crippen LogP contribution in [0.3, 0.4) is 0 Å². The van der Waals surface area contributed by atoms with E-state index < -0.39 is 45.5 Å². The van der Waals surface area contributed by atoms with Gasteiger partial charge in [-0.05, 0) is 30.7 Å². The summed E-state index contributed by atoms with van der Waals surface area (Å²) >= 11 is 0. The van der Waals surface area contributed by atoms with Crippen molar-refractivity contribution in [3.8, 4) is 5.75 Å². The zero-order valence-corrected chi connectivity index (χ0v) is 18.6. The number of sulfonamides is 1. The lowest BCUT2D eigenvalue weighted by Crippen LogP contribution is -2.44. The van der Waals surface area contributed by atoms with Gasteiger partial charge in [0.05, 0.1) is 6.61 Å². The molecule has 176 valence electrons. The highest BCUT2D eigenvalue weighted by molar-refractivity contribution is 7.89. The van der Waals surface area contributed by atoms with Crippen molar-refractivity contribution in [3.63, 3.8) is 0 Å². The zero-order valence-electron chi connectivity index (χ0n) is 17.8. The number of nitrogens with one attached hydrogen (secondary N) is 2. The van der Waals surface area contributed by atoms with Crippen molar-refractivity contribution >= 4 is 33.4 Å². The number of carbonyl (C=O) groups excluding carboxylic acids is 3. The van der Waals surface area contributed by atoms with Crippen LogP contribution < -0.4 is 20.5 Å². The first-order valence-corrected chi connectivity index (χ1v) is 11.5. The van der Waals surface area contributed by atoms with Crippen LogP contribution in [0.1, 0.15) is 16.1 Å². The Morgan fingerprint density at radius 1 is 1.27 bits per heavy atom. The van der Waals surface area contributed by atoms with E-state index in [1.165, 1.54) is 40.9 Å². The predicted molar refractivity (Wildman–Crippen MR) is 113 cm³/mol. The summed E-state index contributed by atoms with van der Waals surface area (Å²) in [5, 5.41) is 2.62. The minimum Gasteiger partial charge on any atom is -0.489 e. The molecule has 2 aromatic rings. The molecule has 2 aliphatic rings. The fourth-order valence-electron chi connectivity index (χ4n) is 4.03. The van der Waals surface area contributed by atoms with Gasteiger partial charge in [0.15, 0.2) is 11.4 Å². The lowest BCUT2D eigenvalue weighted by molar-refractivity contribution is -0.143. The van der Waals surface area contributed by atoms with Gasteiger partial charge in [0.2, 0.25) is 10.0 Å². The molecule has 13 heteroatoms. The third kappa shape index (κ3) is 4.16. The Hall–Kier alpha value is -3.45. The number of amides is 3. The van der Waals surface area contributed by atoms with Crippen molar-refractivity contribution in [2.24, 2.45) is 18.7 Å². The first-order valence-electron chi connectivity index (χ1n) is 9.98. The fourth-order valence-corrected chi connectivity index (χ4v) is 5.52. The summed E-state index contributed by atoms with van der Waals surface area (Å²) in [6.07, 6.45) is 1.25. The van der Waals surface area contributed by atoms with Gasteiger partial charge in [-0.15, -0.1) is 0 Å². The number of nitrogens with zero attached hydrogens (tertiary/aromatic N) is 2. The van der Waals surface area contributed by atoms with Crippen LogP contribution >= 0.6 is 0 Å². The van der Waals surface area contributed by atoms with Crippen LogP contribution in [-0.2, 0) is 26.7 Å². The largest absolute Gasteiger partial charge is 0.489 e. The molecule has 3 heterocycles. The highest BCUT2D eigenvalue weighted by Gasteiger charge is 2.43. The van der Waals surface area contributed by atoms with Crippen molar-refractivity contribution in [3.05, 3.63) is 41.5 Å². The Morgan fingerprint density at radius 2 is 2.00 bits per heavy atom. The Kier molecular flexibility index (Phi) is 5.62. The third-order valence-electron chi connectivity index (χ3n) is 5.71. The van der Waals surface area contributed by atoms with Gasteiger partial charge < -0.3 is 25.3 Å². The molecule has 11 nitrogen and oxygen atoms in total. The second-order valence-corrected chi connectivity index (χ2v) is 9.76. The summed E-state index contributed by atoms with van der Waals surface area (Å²) in [6.45, 7) is 1.57. The van der Waals surface area contributed by atoms with E-state index in [9.17, 15) is 27.2 Å². The first kappa shape index (κ1) is 22.7. The Labute approximate surface area is 188 Å². The van der Waals surface area contributed by atoms with E-state index in [-0.39, 0.29) is 36.0 Å². The number of aryl methyl sites for hydroxylation is 2. The Morgan fingerprint density at radius 3 is 2.67 bits per heavy atom. The molecule has 0 aliphatic carbocycles. The fraction of sp³-hybridized carbons (Fsp3) is 0.350. The van der Waals surface area contributed by atoms with E-state index in [1.807, 2.05) is 0 Å². The number of fused-ring (bicyclic) bond motifs is 2. The average Bonchev–Trinajstić information content (AvgIpc) is 3.27. The maximum absolute atomic E-state index is 13.5. The predicted octanol–water partition coefficient (Wildman–Crippen LogP) is -0.292. The van der Waals surface area contributed by atoms with E-state index in [0.717, 1.165) is 0 Å². The van der Waals surface area contributed by atoms with Crippen LogP contribution in [0.15, 0.2) is 29.3 Å². The Balaban J connectivity index is 1.64. The van der Waals surface area contributed by atoms with Gasteiger partial charge in [0.1, 0.15) is 10.7 Å². The van der Waals surface area contributed by atoms with Gasteiger partial charge in [0.25, 0.3) is 5.91 Å². The number of anilines is 1. The third-order valence-corrected chi connectivity index (χ3v) is 7.19. The van der Waals surface area contributed by atoms with Crippen LogP contribution in [0.2, 0.25) is 0 Å². The number of hydrogen-bond acceptors (Lipinski definition) is 6. The van der Waals surface area contributed by atoms with Gasteiger partial charge >= 0.3 is 11.8 Å². The normalized spacial score (nSPS) is 21.2. The molecule has 1 aromatic heterocycles. The summed E-state index contributed by atoms with van der Waals surface area (Å²) in [4.78, 5) is 37.1. The topological polar surface area (TPSA) is 153 Å². The second kappa shape index (κ2) is 8.15. The molecule has 1 fully saturated rings. The lowest BCUT2D eigenvalue weighted by atomic mass is 10.1. The standard InChI is InChI=1S/C20H22FN5O6S/c1-10-5-12(3-4-13(10)21)23-19(28)16-17-15(8-25(16)2)33(30,31)24-14-7-26(20(29)18(22)27)6-11(14)9-32-17/h3-5,8,11,14,24H,6-7,9H2,1-2H3,(H2,22,27)(H,23,28)/t11-,14-/m0/s1. The van der Waals surface area contributed by atoms with Crippen molar-refractivity contribution in [2.45, 2.75) is 17.9 Å². The summed E-state index contributed by atoms with van der Waals surface area (Å²) in [7, 11) is -2.62. The lowest BCUT2D eigenvalue weighted by Gasteiger charge is -2.23. The quantitative estimate of drug-likeness (QED) is 0.503. The maximum atomic E-state index is 13.5. The minimum atomic E-state index is -4.13. The van der Waals surface area contributed by atoms with Crippen LogP contribution in [0, 0.1) is 18.7 Å². The highest BCUT2D eigenvalue weighted by atomic mass is 32.2. The number of nitrogens with two attached hydrogens (primary N) is 1. The van der Waals surface area contributed by atoms with Gasteiger partial charge in [-0.3, -0.25) is 14.4 Å². The summed E-state index contributed by atoms with van der Waals surface area (Å²) in [5.74, 6) is -3.71. The molecule has 4 rings (SSSR count). The van der Waals surface area contributed by atoms with Crippen LogP contribution in [0.4, 0.5) is 10.1 Å². The van der Waals surface area contributed by atoms with Gasteiger partial charge in [-0.2, -0.15) is 0 Å². The number of halogens is 1. The zero-order chi connectivity index (χ0) is 24.1. The number of likely N-dealkylation sites (tertiary alicyclic amines) is 1. The molecule has 0 spiro atoms. The van der Waals surface area contributed by atoms with E-state index in [2.05, 4.69) is 10.0 Å². The van der Waals surface area contributed by atoms with Crippen molar-refractivity contribution in [1.29, 1.82) is 0 Å². The average molecular weight is 479 g/mol. The number of aromatic nitrogens is 1. The molecular weight excluding hydrogens is 457 g/mol. The maximum Gasteiger partial charge on any atom is 0.311 e. The molecule has 1 aromatic carbocycles.